The van der Waals surface area contributed by atoms with Crippen LogP contribution in [0.5, 0.6) is 0 Å². The predicted molar refractivity (Wildman–Crippen MR) is 64.6 cm³/mol. The van der Waals surface area contributed by atoms with Crippen LogP contribution in [0.25, 0.3) is 0 Å². The first-order valence-corrected chi connectivity index (χ1v) is 5.79. The Morgan fingerprint density at radius 2 is 2.00 bits per heavy atom. The summed E-state index contributed by atoms with van der Waals surface area (Å²) in [6, 6.07) is 5.02. The van der Waals surface area contributed by atoms with Crippen molar-refractivity contribution in [3.8, 4) is 0 Å². The summed E-state index contributed by atoms with van der Waals surface area (Å²) in [5.41, 5.74) is 0.673. The van der Waals surface area contributed by atoms with Gasteiger partial charge < -0.3 is 9.67 Å². The molecule has 0 amide bonds. The number of rotatable bonds is 3. The number of halogens is 3. The Morgan fingerprint density at radius 3 is 2.56 bits per heavy atom. The molecule has 0 fully saturated rings. The third-order valence-electron chi connectivity index (χ3n) is 2.43. The van der Waals surface area contributed by atoms with E-state index in [-0.39, 0.29) is 12.1 Å². The smallest absolute Gasteiger partial charge is 0.337 e. The highest BCUT2D eigenvalue weighted by Crippen LogP contribution is 2.18. The maximum Gasteiger partial charge on any atom is 0.337 e. The van der Waals surface area contributed by atoms with Crippen LogP contribution in [0.1, 0.15) is 15.9 Å². The van der Waals surface area contributed by atoms with Gasteiger partial charge in [-0.25, -0.2) is 13.6 Å². The lowest BCUT2D eigenvalue weighted by atomic mass is 10.2. The van der Waals surface area contributed by atoms with Crippen molar-refractivity contribution in [2.75, 3.05) is 0 Å². The molecule has 0 bridgehead atoms. The quantitative estimate of drug-likeness (QED) is 0.944. The Bertz CT molecular complexity index is 610. The van der Waals surface area contributed by atoms with Gasteiger partial charge >= 0.3 is 5.97 Å². The van der Waals surface area contributed by atoms with E-state index in [0.29, 0.717) is 10.2 Å². The van der Waals surface area contributed by atoms with Gasteiger partial charge in [0.15, 0.2) is 11.6 Å². The summed E-state index contributed by atoms with van der Waals surface area (Å²) in [4.78, 5) is 10.8. The summed E-state index contributed by atoms with van der Waals surface area (Å²) < 4.78 is 27.9. The van der Waals surface area contributed by atoms with Gasteiger partial charge in [-0.3, -0.25) is 0 Å². The highest BCUT2D eigenvalue weighted by atomic mass is 79.9. The number of carboxylic acids is 1. The molecule has 94 valence electrons. The molecule has 6 heteroatoms. The molecule has 3 nitrogen and oxygen atoms in total. The lowest BCUT2D eigenvalue weighted by molar-refractivity contribution is 0.0697. The van der Waals surface area contributed by atoms with E-state index in [1.807, 2.05) is 0 Å². The first-order valence-electron chi connectivity index (χ1n) is 5.00. The van der Waals surface area contributed by atoms with E-state index in [1.54, 1.807) is 4.57 Å². The molecule has 1 N–H and O–H groups in total. The molecule has 0 saturated heterocycles. The number of hydrogen-bond acceptors (Lipinski definition) is 1. The van der Waals surface area contributed by atoms with Crippen LogP contribution in [0.3, 0.4) is 0 Å². The molecule has 1 heterocycles. The second-order valence-electron chi connectivity index (χ2n) is 3.73. The molecule has 0 spiro atoms. The molecular formula is C12H8BrF2NO2. The second-order valence-corrected chi connectivity index (χ2v) is 4.55. The summed E-state index contributed by atoms with van der Waals surface area (Å²) in [7, 11) is 0. The SMILES string of the molecule is O=C(O)c1cc(Br)n(Cc2ccc(F)c(F)c2)c1. The molecule has 1 aromatic heterocycles. The number of hydrogen-bond donors (Lipinski definition) is 1. The van der Waals surface area contributed by atoms with Gasteiger partial charge in [-0.15, -0.1) is 0 Å². The van der Waals surface area contributed by atoms with Crippen LogP contribution in [0, 0.1) is 11.6 Å². The summed E-state index contributed by atoms with van der Waals surface area (Å²) in [6.45, 7) is 0.255. The van der Waals surface area contributed by atoms with Gasteiger partial charge in [0.05, 0.1) is 10.2 Å². The summed E-state index contributed by atoms with van der Waals surface area (Å²) in [5.74, 6) is -2.87. The van der Waals surface area contributed by atoms with Crippen molar-refractivity contribution in [1.82, 2.24) is 4.57 Å². The average Bonchev–Trinajstić information content (AvgIpc) is 2.66. The van der Waals surface area contributed by atoms with Gasteiger partial charge in [0.1, 0.15) is 0 Å². The van der Waals surface area contributed by atoms with E-state index < -0.39 is 17.6 Å². The van der Waals surface area contributed by atoms with E-state index in [4.69, 9.17) is 5.11 Å². The summed E-state index contributed by atoms with van der Waals surface area (Å²) in [5, 5.41) is 8.83. The molecular weight excluding hydrogens is 308 g/mol. The van der Waals surface area contributed by atoms with Crippen molar-refractivity contribution in [3.63, 3.8) is 0 Å². The Labute approximate surface area is 110 Å². The molecule has 0 atom stereocenters. The largest absolute Gasteiger partial charge is 0.478 e. The third-order valence-corrected chi connectivity index (χ3v) is 3.11. The lowest BCUT2D eigenvalue weighted by Gasteiger charge is -2.05. The molecule has 18 heavy (non-hydrogen) atoms. The Hall–Kier alpha value is -1.69. The maximum absolute atomic E-state index is 13.0. The van der Waals surface area contributed by atoms with Crippen molar-refractivity contribution < 1.29 is 18.7 Å². The predicted octanol–water partition coefficient (Wildman–Crippen LogP) is 3.28. The monoisotopic (exact) mass is 315 g/mol. The normalized spacial score (nSPS) is 10.6. The maximum atomic E-state index is 13.0. The van der Waals surface area contributed by atoms with E-state index in [2.05, 4.69) is 15.9 Å². The van der Waals surface area contributed by atoms with Crippen molar-refractivity contribution >= 4 is 21.9 Å². The number of benzene rings is 1. The zero-order valence-corrected chi connectivity index (χ0v) is 10.6. The van der Waals surface area contributed by atoms with Crippen molar-refractivity contribution in [3.05, 3.63) is 57.8 Å². The van der Waals surface area contributed by atoms with E-state index in [9.17, 15) is 13.6 Å². The Kier molecular flexibility index (Phi) is 3.47. The number of aromatic nitrogens is 1. The molecule has 2 aromatic rings. The van der Waals surface area contributed by atoms with E-state index in [1.165, 1.54) is 18.3 Å². The second kappa shape index (κ2) is 4.89. The van der Waals surface area contributed by atoms with Gasteiger partial charge in [0.25, 0.3) is 0 Å². The molecule has 2 rings (SSSR count). The minimum atomic E-state index is -1.04. The van der Waals surface area contributed by atoms with Crippen molar-refractivity contribution in [2.45, 2.75) is 6.54 Å². The van der Waals surface area contributed by atoms with E-state index in [0.717, 1.165) is 12.1 Å². The van der Waals surface area contributed by atoms with Crippen LogP contribution in [-0.2, 0) is 6.54 Å². The van der Waals surface area contributed by atoms with Crippen LogP contribution >= 0.6 is 15.9 Å². The average molecular weight is 316 g/mol. The first kappa shape index (κ1) is 12.8. The minimum absolute atomic E-state index is 0.129. The van der Waals surface area contributed by atoms with Crippen LogP contribution < -0.4 is 0 Å². The fraction of sp³-hybridized carbons (Fsp3) is 0.0833. The molecule has 0 aliphatic rings. The summed E-state index contributed by atoms with van der Waals surface area (Å²) >= 11 is 3.21. The Morgan fingerprint density at radius 1 is 1.28 bits per heavy atom. The number of carboxylic acid groups (broad SMARTS) is 1. The third kappa shape index (κ3) is 2.59. The van der Waals surface area contributed by atoms with Gasteiger partial charge in [-0.1, -0.05) is 6.07 Å². The minimum Gasteiger partial charge on any atom is -0.478 e. The highest BCUT2D eigenvalue weighted by molar-refractivity contribution is 9.10. The molecule has 0 aliphatic heterocycles. The number of carbonyl (C=O) groups is 1. The molecule has 0 saturated carbocycles. The number of nitrogens with zero attached hydrogens (tertiary/aromatic N) is 1. The summed E-state index contributed by atoms with van der Waals surface area (Å²) in [6.07, 6.45) is 1.42. The van der Waals surface area contributed by atoms with Crippen LogP contribution in [0.15, 0.2) is 35.1 Å². The lowest BCUT2D eigenvalue weighted by Crippen LogP contribution is -2.00. The zero-order chi connectivity index (χ0) is 13.3. The van der Waals surface area contributed by atoms with Crippen molar-refractivity contribution in [1.29, 1.82) is 0 Å². The molecule has 1 aromatic carbocycles. The highest BCUT2D eigenvalue weighted by Gasteiger charge is 2.10. The van der Waals surface area contributed by atoms with Gasteiger partial charge in [-0.05, 0) is 39.7 Å². The fourth-order valence-electron chi connectivity index (χ4n) is 1.55. The standard InChI is InChI=1S/C12H8BrF2NO2/c13-11-4-8(12(17)18)6-16(11)5-7-1-2-9(14)10(15)3-7/h1-4,6H,5H2,(H,17,18). The molecule has 0 aliphatic carbocycles. The first-order chi connectivity index (χ1) is 8.47. The topological polar surface area (TPSA) is 42.2 Å². The van der Waals surface area contributed by atoms with Crippen LogP contribution in [-0.4, -0.2) is 15.6 Å². The Balaban J connectivity index is 2.28. The van der Waals surface area contributed by atoms with Crippen LogP contribution in [0.2, 0.25) is 0 Å². The molecule has 0 radical (unpaired) electrons. The van der Waals surface area contributed by atoms with Gasteiger partial charge in [0.2, 0.25) is 0 Å². The van der Waals surface area contributed by atoms with Crippen LogP contribution in [0.4, 0.5) is 8.78 Å². The molecule has 0 unspecified atom stereocenters. The fourth-order valence-corrected chi connectivity index (χ4v) is 2.03. The van der Waals surface area contributed by atoms with Gasteiger partial charge in [-0.2, -0.15) is 0 Å². The zero-order valence-electron chi connectivity index (χ0n) is 9.03. The van der Waals surface area contributed by atoms with Gasteiger partial charge in [0, 0.05) is 12.7 Å². The van der Waals surface area contributed by atoms with Crippen molar-refractivity contribution in [2.24, 2.45) is 0 Å². The van der Waals surface area contributed by atoms with E-state index >= 15 is 0 Å². The number of aromatic carboxylic acids is 1.